The van der Waals surface area contributed by atoms with Gasteiger partial charge in [0.2, 0.25) is 0 Å². The van der Waals surface area contributed by atoms with Gasteiger partial charge in [-0.25, -0.2) is 0 Å². The average Bonchev–Trinajstić information content (AvgIpc) is 2.11. The lowest BCUT2D eigenvalue weighted by Crippen LogP contribution is -2.51. The topological polar surface area (TPSA) is 24.1 Å². The van der Waals surface area contributed by atoms with Crippen LogP contribution in [-0.4, -0.2) is 19.1 Å². The number of rotatable bonds is 2. The van der Waals surface area contributed by atoms with Crippen LogP contribution in [0.1, 0.15) is 5.56 Å². The summed E-state index contributed by atoms with van der Waals surface area (Å²) in [6.45, 7) is 1.61. The lowest BCUT2D eigenvalue weighted by Gasteiger charge is -2.29. The van der Waals surface area contributed by atoms with Crippen molar-refractivity contribution < 1.29 is 13.2 Å². The third-order valence-electron chi connectivity index (χ3n) is 2.44. The number of hydrogen-bond donors (Lipinski definition) is 2. The molecule has 6 heteroatoms. The molecule has 2 nitrogen and oxygen atoms in total. The van der Waals surface area contributed by atoms with Gasteiger partial charge in [0.05, 0.1) is 22.3 Å². The quantitative estimate of drug-likeness (QED) is 0.843. The minimum absolute atomic E-state index is 0.0988. The molecule has 2 N–H and O–H groups in total. The van der Waals surface area contributed by atoms with Gasteiger partial charge in [-0.15, -0.1) is 0 Å². The third-order valence-corrected chi connectivity index (χ3v) is 2.75. The zero-order valence-electron chi connectivity index (χ0n) is 8.24. The molecule has 1 aliphatic rings. The number of halogens is 4. The van der Waals surface area contributed by atoms with E-state index in [1.165, 1.54) is 6.07 Å². The summed E-state index contributed by atoms with van der Waals surface area (Å²) >= 11 is 5.78. The molecule has 16 heavy (non-hydrogen) atoms. The van der Waals surface area contributed by atoms with Gasteiger partial charge in [0.25, 0.3) is 0 Å². The molecular weight excluding hydrogens is 241 g/mol. The van der Waals surface area contributed by atoms with Crippen molar-refractivity contribution in [3.05, 3.63) is 28.8 Å². The summed E-state index contributed by atoms with van der Waals surface area (Å²) in [4.78, 5) is 0. The van der Waals surface area contributed by atoms with Crippen LogP contribution in [0.15, 0.2) is 18.2 Å². The zero-order valence-corrected chi connectivity index (χ0v) is 8.99. The molecule has 1 aliphatic heterocycles. The number of alkyl halides is 3. The molecule has 0 unspecified atom stereocenters. The average molecular weight is 251 g/mol. The van der Waals surface area contributed by atoms with Crippen molar-refractivity contribution in [1.82, 2.24) is 5.32 Å². The molecule has 1 fully saturated rings. The Bertz CT molecular complexity index is 388. The number of benzene rings is 1. The molecule has 0 spiro atoms. The van der Waals surface area contributed by atoms with E-state index >= 15 is 0 Å². The molecule has 88 valence electrons. The van der Waals surface area contributed by atoms with Gasteiger partial charge in [0.15, 0.2) is 0 Å². The maximum absolute atomic E-state index is 12.4. The Morgan fingerprint density at radius 2 is 2.00 bits per heavy atom. The molecule has 1 aromatic rings. The van der Waals surface area contributed by atoms with Crippen molar-refractivity contribution in [3.8, 4) is 0 Å². The molecule has 0 amide bonds. The second-order valence-corrected chi connectivity index (χ2v) is 4.10. The van der Waals surface area contributed by atoms with Crippen LogP contribution in [0, 0.1) is 0 Å². The molecule has 0 radical (unpaired) electrons. The third kappa shape index (κ3) is 2.41. The van der Waals surface area contributed by atoms with Crippen LogP contribution < -0.4 is 10.6 Å². The molecule has 1 saturated heterocycles. The monoisotopic (exact) mass is 250 g/mol. The first-order valence-electron chi connectivity index (χ1n) is 4.81. The largest absolute Gasteiger partial charge is 0.416 e. The van der Waals surface area contributed by atoms with Crippen LogP contribution in [0.4, 0.5) is 18.9 Å². The maximum Gasteiger partial charge on any atom is 0.416 e. The highest BCUT2D eigenvalue weighted by atomic mass is 35.5. The molecule has 1 heterocycles. The Kier molecular flexibility index (Phi) is 2.99. The van der Waals surface area contributed by atoms with E-state index in [4.69, 9.17) is 11.6 Å². The summed E-state index contributed by atoms with van der Waals surface area (Å²) in [5.41, 5.74) is -0.184. The van der Waals surface area contributed by atoms with Crippen LogP contribution in [0.25, 0.3) is 0 Å². The van der Waals surface area contributed by atoms with Crippen LogP contribution in [-0.2, 0) is 6.18 Å². The van der Waals surface area contributed by atoms with E-state index in [9.17, 15) is 13.2 Å². The van der Waals surface area contributed by atoms with E-state index in [0.29, 0.717) is 5.69 Å². The number of hydrogen-bond acceptors (Lipinski definition) is 2. The van der Waals surface area contributed by atoms with Gasteiger partial charge in [0.1, 0.15) is 0 Å². The Labute approximate surface area is 95.8 Å². The van der Waals surface area contributed by atoms with Crippen molar-refractivity contribution in [1.29, 1.82) is 0 Å². The lowest BCUT2D eigenvalue weighted by atomic mass is 10.1. The molecule has 0 bridgehead atoms. The van der Waals surface area contributed by atoms with Crippen LogP contribution >= 0.6 is 11.6 Å². The fourth-order valence-corrected chi connectivity index (χ4v) is 1.65. The first-order valence-corrected chi connectivity index (χ1v) is 5.18. The molecule has 0 aromatic heterocycles. The van der Waals surface area contributed by atoms with Crippen LogP contribution in [0.5, 0.6) is 0 Å². The minimum Gasteiger partial charge on any atom is -0.379 e. The van der Waals surface area contributed by atoms with Crippen molar-refractivity contribution in [2.24, 2.45) is 0 Å². The maximum atomic E-state index is 12.4. The van der Waals surface area contributed by atoms with E-state index in [0.717, 1.165) is 25.2 Å². The molecule has 0 aliphatic carbocycles. The first-order chi connectivity index (χ1) is 7.47. The fraction of sp³-hybridized carbons (Fsp3) is 0.400. The van der Waals surface area contributed by atoms with Crippen molar-refractivity contribution in [2.45, 2.75) is 12.2 Å². The fourth-order valence-electron chi connectivity index (χ4n) is 1.42. The standard InChI is InChI=1S/C10H10ClF3N2/c11-8-3-6(10(12,13)14)1-2-9(8)16-7-4-15-5-7/h1-3,7,15-16H,4-5H2. The predicted octanol–water partition coefficient (Wildman–Crippen LogP) is 2.74. The Hall–Kier alpha value is -0.940. The molecule has 0 saturated carbocycles. The van der Waals surface area contributed by atoms with Gasteiger partial charge in [-0.2, -0.15) is 13.2 Å². The highest BCUT2D eigenvalue weighted by Crippen LogP contribution is 2.33. The van der Waals surface area contributed by atoms with Gasteiger partial charge in [0, 0.05) is 13.1 Å². The first kappa shape index (κ1) is 11.5. The van der Waals surface area contributed by atoms with E-state index < -0.39 is 11.7 Å². The van der Waals surface area contributed by atoms with Crippen molar-refractivity contribution in [2.75, 3.05) is 18.4 Å². The van der Waals surface area contributed by atoms with E-state index in [1.54, 1.807) is 0 Å². The van der Waals surface area contributed by atoms with Gasteiger partial charge in [-0.05, 0) is 18.2 Å². The Morgan fingerprint density at radius 1 is 1.31 bits per heavy atom. The van der Waals surface area contributed by atoms with Gasteiger partial charge in [-0.3, -0.25) is 0 Å². The smallest absolute Gasteiger partial charge is 0.379 e. The van der Waals surface area contributed by atoms with Gasteiger partial charge in [-0.1, -0.05) is 11.6 Å². The highest BCUT2D eigenvalue weighted by Gasteiger charge is 2.31. The zero-order chi connectivity index (χ0) is 11.8. The lowest BCUT2D eigenvalue weighted by molar-refractivity contribution is -0.137. The van der Waals surface area contributed by atoms with Crippen molar-refractivity contribution in [3.63, 3.8) is 0 Å². The molecule has 1 aromatic carbocycles. The highest BCUT2D eigenvalue weighted by molar-refractivity contribution is 6.33. The summed E-state index contributed by atoms with van der Waals surface area (Å²) in [6.07, 6.45) is -4.35. The summed E-state index contributed by atoms with van der Waals surface area (Å²) in [6, 6.07) is 3.58. The number of nitrogens with one attached hydrogen (secondary N) is 2. The minimum atomic E-state index is -4.35. The second-order valence-electron chi connectivity index (χ2n) is 3.69. The molecule has 2 rings (SSSR count). The van der Waals surface area contributed by atoms with Crippen LogP contribution in [0.3, 0.4) is 0 Å². The Balaban J connectivity index is 2.15. The van der Waals surface area contributed by atoms with E-state index in [2.05, 4.69) is 10.6 Å². The SMILES string of the molecule is FC(F)(F)c1ccc(NC2CNC2)c(Cl)c1. The van der Waals surface area contributed by atoms with Gasteiger partial charge < -0.3 is 10.6 Å². The predicted molar refractivity (Wildman–Crippen MR) is 56.7 cm³/mol. The Morgan fingerprint density at radius 3 is 2.44 bits per heavy atom. The summed E-state index contributed by atoms with van der Waals surface area (Å²) in [5, 5.41) is 6.21. The second kappa shape index (κ2) is 4.14. The van der Waals surface area contributed by atoms with E-state index in [1.807, 2.05) is 0 Å². The normalized spacial score (nSPS) is 17.0. The van der Waals surface area contributed by atoms with E-state index in [-0.39, 0.29) is 11.1 Å². The molecular formula is C10H10ClF3N2. The summed E-state index contributed by atoms with van der Waals surface area (Å²) < 4.78 is 37.1. The molecule has 0 atom stereocenters. The number of anilines is 1. The summed E-state index contributed by atoms with van der Waals surface area (Å²) in [7, 11) is 0. The van der Waals surface area contributed by atoms with Crippen LogP contribution in [0.2, 0.25) is 5.02 Å². The van der Waals surface area contributed by atoms with Crippen molar-refractivity contribution >= 4 is 17.3 Å². The van der Waals surface area contributed by atoms with Gasteiger partial charge >= 0.3 is 6.18 Å². The summed E-state index contributed by atoms with van der Waals surface area (Å²) in [5.74, 6) is 0.